The van der Waals surface area contributed by atoms with Crippen molar-refractivity contribution in [2.45, 2.75) is 57.8 Å². The standard InChI is InChI=1S/C33H34BN3O2/c1-22(30-20-29(27-9-5-6-10-32(27)39)36-33-28(34)21-35-37(30)33)11-12-25-13-15-26(16-14-25)19-23(2)31(38)18-17-24-7-3-4-8-24/h5-6,9-10,13-16,20-21,24,39H,1-4,7-8,11-12,17-19H2. The van der Waals surface area contributed by atoms with E-state index >= 15 is 0 Å². The minimum atomic E-state index is 0.155. The van der Waals surface area contributed by atoms with Crippen molar-refractivity contribution in [2.24, 2.45) is 5.92 Å². The number of phenolic OH excluding ortho intramolecular Hbond substituents is 1. The second-order valence-electron chi connectivity index (χ2n) is 10.7. The van der Waals surface area contributed by atoms with Crippen LogP contribution in [0, 0.1) is 5.92 Å². The molecule has 1 N–H and O–H groups in total. The summed E-state index contributed by atoms with van der Waals surface area (Å²) in [5.74, 6) is 1.08. The maximum Gasteiger partial charge on any atom is 0.158 e. The van der Waals surface area contributed by atoms with Crippen molar-refractivity contribution in [2.75, 3.05) is 0 Å². The SMILES string of the molecule is [B]c1cnn2c(C(=C)CCc3ccc(CC(=C)C(=O)CCC4CCCC4)cc3)cc(-c3ccccc3O)nc12. The number of aromatic hydroxyl groups is 1. The molecule has 0 spiro atoms. The van der Waals surface area contributed by atoms with Crippen molar-refractivity contribution in [1.82, 2.24) is 14.6 Å². The van der Waals surface area contributed by atoms with Crippen LogP contribution in [0.2, 0.25) is 0 Å². The molecule has 1 fully saturated rings. The highest BCUT2D eigenvalue weighted by molar-refractivity contribution is 6.36. The number of aromatic nitrogens is 3. The van der Waals surface area contributed by atoms with E-state index in [1.54, 1.807) is 22.8 Å². The van der Waals surface area contributed by atoms with E-state index in [1.165, 1.54) is 31.2 Å². The molecule has 6 heteroatoms. The van der Waals surface area contributed by atoms with Gasteiger partial charge in [-0.3, -0.25) is 4.79 Å². The Hall–Kier alpha value is -3.93. The van der Waals surface area contributed by atoms with Crippen LogP contribution in [0.25, 0.3) is 22.5 Å². The van der Waals surface area contributed by atoms with Crippen molar-refractivity contribution in [3.05, 3.63) is 96.3 Å². The van der Waals surface area contributed by atoms with Crippen LogP contribution in [-0.4, -0.2) is 33.3 Å². The van der Waals surface area contributed by atoms with Crippen molar-refractivity contribution in [3.8, 4) is 17.0 Å². The van der Waals surface area contributed by atoms with Gasteiger partial charge >= 0.3 is 0 Å². The van der Waals surface area contributed by atoms with E-state index in [0.29, 0.717) is 47.2 Å². The number of hydrogen-bond acceptors (Lipinski definition) is 4. The summed E-state index contributed by atoms with van der Waals surface area (Å²) in [6.45, 7) is 8.41. The molecule has 39 heavy (non-hydrogen) atoms. The maximum absolute atomic E-state index is 12.6. The van der Waals surface area contributed by atoms with Crippen molar-refractivity contribution < 1.29 is 9.90 Å². The van der Waals surface area contributed by atoms with Crippen LogP contribution in [0.15, 0.2) is 79.5 Å². The van der Waals surface area contributed by atoms with Gasteiger partial charge in [0, 0.05) is 24.6 Å². The average Bonchev–Trinajstić information content (AvgIpc) is 3.61. The molecular formula is C33H34BN3O2. The van der Waals surface area contributed by atoms with E-state index in [4.69, 9.17) is 7.85 Å². The van der Waals surface area contributed by atoms with Crippen LogP contribution >= 0.6 is 0 Å². The number of carbonyl (C=O) groups is 1. The molecule has 2 heterocycles. The molecule has 0 amide bonds. The fraction of sp³-hybridized carbons (Fsp3) is 0.303. The summed E-state index contributed by atoms with van der Waals surface area (Å²) >= 11 is 0. The van der Waals surface area contributed by atoms with Gasteiger partial charge in [0.1, 0.15) is 19.2 Å². The van der Waals surface area contributed by atoms with Crippen LogP contribution in [-0.2, 0) is 17.6 Å². The highest BCUT2D eigenvalue weighted by Gasteiger charge is 2.18. The average molecular weight is 515 g/mol. The summed E-state index contributed by atoms with van der Waals surface area (Å²) < 4.78 is 1.71. The molecule has 0 atom stereocenters. The third kappa shape index (κ3) is 6.22. The summed E-state index contributed by atoms with van der Waals surface area (Å²) in [5, 5.41) is 14.8. The van der Waals surface area contributed by atoms with Crippen molar-refractivity contribution in [1.29, 1.82) is 0 Å². The second kappa shape index (κ2) is 11.9. The Bertz CT molecular complexity index is 1510. The topological polar surface area (TPSA) is 67.5 Å². The van der Waals surface area contributed by atoms with Gasteiger partial charge in [-0.25, -0.2) is 9.50 Å². The minimum absolute atomic E-state index is 0.155. The zero-order valence-electron chi connectivity index (χ0n) is 22.4. The summed E-state index contributed by atoms with van der Waals surface area (Å²) in [6, 6.07) is 17.4. The summed E-state index contributed by atoms with van der Waals surface area (Å²) in [5.41, 5.74) is 6.94. The van der Waals surface area contributed by atoms with E-state index in [1.807, 2.05) is 18.2 Å². The lowest BCUT2D eigenvalue weighted by Gasteiger charge is -2.12. The largest absolute Gasteiger partial charge is 0.507 e. The number of rotatable bonds is 11. The first-order valence-corrected chi connectivity index (χ1v) is 13.8. The number of Topliss-reactive ketones (excluding diaryl/α,β-unsaturated/α-hetero) is 1. The van der Waals surface area contributed by atoms with Gasteiger partial charge < -0.3 is 5.11 Å². The zero-order chi connectivity index (χ0) is 27.4. The quantitative estimate of drug-likeness (QED) is 0.191. The lowest BCUT2D eigenvalue weighted by Crippen LogP contribution is -2.07. The third-order valence-electron chi connectivity index (χ3n) is 7.85. The van der Waals surface area contributed by atoms with Gasteiger partial charge in [-0.15, -0.1) is 0 Å². The first-order valence-electron chi connectivity index (χ1n) is 13.8. The molecule has 196 valence electrons. The first kappa shape index (κ1) is 26.7. The van der Waals surface area contributed by atoms with Gasteiger partial charge in [0.15, 0.2) is 5.78 Å². The minimum Gasteiger partial charge on any atom is -0.507 e. The third-order valence-corrected chi connectivity index (χ3v) is 7.85. The Morgan fingerprint density at radius 2 is 1.74 bits per heavy atom. The molecule has 5 nitrogen and oxygen atoms in total. The van der Waals surface area contributed by atoms with Gasteiger partial charge in [-0.05, 0) is 71.1 Å². The molecule has 0 unspecified atom stereocenters. The molecule has 1 saturated carbocycles. The molecule has 2 aromatic carbocycles. The van der Waals surface area contributed by atoms with Crippen LogP contribution in [0.5, 0.6) is 5.75 Å². The Morgan fingerprint density at radius 3 is 2.49 bits per heavy atom. The van der Waals surface area contributed by atoms with Gasteiger partial charge in [0.2, 0.25) is 0 Å². The monoisotopic (exact) mass is 515 g/mol. The molecule has 2 aromatic heterocycles. The zero-order valence-corrected chi connectivity index (χ0v) is 22.4. The molecular weight excluding hydrogens is 481 g/mol. The van der Waals surface area contributed by atoms with E-state index < -0.39 is 0 Å². The van der Waals surface area contributed by atoms with Crippen LogP contribution < -0.4 is 5.46 Å². The lowest BCUT2D eigenvalue weighted by molar-refractivity contribution is -0.115. The fourth-order valence-corrected chi connectivity index (χ4v) is 5.46. The van der Waals surface area contributed by atoms with E-state index in [-0.39, 0.29) is 11.5 Å². The normalized spacial score (nSPS) is 13.6. The van der Waals surface area contributed by atoms with Gasteiger partial charge in [-0.2, -0.15) is 5.10 Å². The second-order valence-corrected chi connectivity index (χ2v) is 10.7. The number of para-hydroxylation sites is 1. The number of carbonyl (C=O) groups excluding carboxylic acids is 1. The predicted octanol–water partition coefficient (Wildman–Crippen LogP) is 6.18. The number of aryl methyl sites for hydroxylation is 1. The van der Waals surface area contributed by atoms with Gasteiger partial charge in [-0.1, -0.05) is 75.2 Å². The number of ketones is 1. The van der Waals surface area contributed by atoms with Gasteiger partial charge in [0.05, 0.1) is 11.4 Å². The molecule has 0 bridgehead atoms. The Balaban J connectivity index is 1.22. The van der Waals surface area contributed by atoms with Crippen LogP contribution in [0.4, 0.5) is 0 Å². The Labute approximate surface area is 231 Å². The number of phenols is 1. The highest BCUT2D eigenvalue weighted by Crippen LogP contribution is 2.31. The maximum atomic E-state index is 12.6. The predicted molar refractivity (Wildman–Crippen MR) is 158 cm³/mol. The molecule has 2 radical (unpaired) electrons. The Kier molecular flexibility index (Phi) is 8.11. The molecule has 4 aromatic rings. The van der Waals surface area contributed by atoms with E-state index in [9.17, 15) is 9.90 Å². The highest BCUT2D eigenvalue weighted by atomic mass is 16.3. The fourth-order valence-electron chi connectivity index (χ4n) is 5.46. The number of hydrogen-bond donors (Lipinski definition) is 1. The van der Waals surface area contributed by atoms with E-state index in [2.05, 4.69) is 47.5 Å². The molecule has 0 aliphatic heterocycles. The summed E-state index contributed by atoms with van der Waals surface area (Å²) in [4.78, 5) is 17.2. The van der Waals surface area contributed by atoms with Crippen molar-refractivity contribution >= 4 is 30.3 Å². The number of benzene rings is 2. The number of nitrogens with zero attached hydrogens (tertiary/aromatic N) is 3. The van der Waals surface area contributed by atoms with E-state index in [0.717, 1.165) is 35.6 Å². The van der Waals surface area contributed by atoms with Crippen LogP contribution in [0.1, 0.15) is 61.8 Å². The Morgan fingerprint density at radius 1 is 1.03 bits per heavy atom. The van der Waals surface area contributed by atoms with Crippen LogP contribution in [0.3, 0.4) is 0 Å². The lowest BCUT2D eigenvalue weighted by atomic mass is 9.94. The smallest absolute Gasteiger partial charge is 0.158 e. The number of allylic oxidation sites excluding steroid dienone is 2. The summed E-state index contributed by atoms with van der Waals surface area (Å²) in [7, 11) is 6.14. The molecule has 1 aliphatic rings. The molecule has 5 rings (SSSR count). The summed E-state index contributed by atoms with van der Waals surface area (Å²) in [6.07, 6.45) is 10.5. The van der Waals surface area contributed by atoms with Gasteiger partial charge in [0.25, 0.3) is 0 Å². The molecule has 0 saturated heterocycles. The molecule has 1 aliphatic carbocycles. The van der Waals surface area contributed by atoms with Crippen molar-refractivity contribution in [3.63, 3.8) is 0 Å². The first-order chi connectivity index (χ1) is 18.9. The number of fused-ring (bicyclic) bond motifs is 1.